The first kappa shape index (κ1) is 20.4. The van der Waals surface area contributed by atoms with Gasteiger partial charge in [0.1, 0.15) is 0 Å². The fourth-order valence-corrected chi connectivity index (χ4v) is 4.93. The molecular weight excluding hydrogens is 392 g/mol. The standard InChI is InChI=1S/C23H32N6O2/c30-20(16-27-11-1-2-12-27)28-13-4-5-18(15-28)21-19-6-3-9-24-22(19)29(26-21)14-10-25-23(31)17-7-8-17/h3,6,9,17-18H,1-2,4-5,7-8,10-16H2,(H,25,31). The fraction of sp³-hybridized carbons (Fsp3) is 0.652. The highest BCUT2D eigenvalue weighted by atomic mass is 16.2. The predicted molar refractivity (Wildman–Crippen MR) is 117 cm³/mol. The van der Waals surface area contributed by atoms with E-state index in [9.17, 15) is 9.59 Å². The number of carbonyl (C=O) groups is 2. The topological polar surface area (TPSA) is 83.4 Å². The van der Waals surface area contributed by atoms with Crippen LogP contribution in [0, 0.1) is 5.92 Å². The summed E-state index contributed by atoms with van der Waals surface area (Å²) in [5.41, 5.74) is 1.90. The van der Waals surface area contributed by atoms with Gasteiger partial charge in [-0.3, -0.25) is 14.5 Å². The molecule has 8 heteroatoms. The second kappa shape index (κ2) is 8.94. The van der Waals surface area contributed by atoms with E-state index in [0.29, 0.717) is 19.6 Å². The first-order valence-corrected chi connectivity index (χ1v) is 11.8. The number of nitrogens with zero attached hydrogens (tertiary/aromatic N) is 5. The van der Waals surface area contributed by atoms with Gasteiger partial charge in [0.25, 0.3) is 0 Å². The molecule has 1 aliphatic carbocycles. The van der Waals surface area contributed by atoms with Crippen molar-refractivity contribution in [2.45, 2.75) is 51.0 Å². The van der Waals surface area contributed by atoms with Gasteiger partial charge in [-0.1, -0.05) is 0 Å². The summed E-state index contributed by atoms with van der Waals surface area (Å²) in [5.74, 6) is 0.847. The average Bonchev–Trinajstić information content (AvgIpc) is 3.41. The van der Waals surface area contributed by atoms with Gasteiger partial charge < -0.3 is 10.2 Å². The van der Waals surface area contributed by atoms with Crippen molar-refractivity contribution in [2.24, 2.45) is 5.92 Å². The maximum Gasteiger partial charge on any atom is 0.236 e. The van der Waals surface area contributed by atoms with Gasteiger partial charge in [-0.25, -0.2) is 9.67 Å². The molecule has 5 rings (SSSR count). The van der Waals surface area contributed by atoms with E-state index in [0.717, 1.165) is 68.6 Å². The van der Waals surface area contributed by atoms with E-state index < -0.39 is 0 Å². The molecule has 2 amide bonds. The van der Waals surface area contributed by atoms with Crippen LogP contribution in [0.2, 0.25) is 0 Å². The quantitative estimate of drug-likeness (QED) is 0.732. The van der Waals surface area contributed by atoms with Crippen LogP contribution in [-0.4, -0.2) is 75.6 Å². The Labute approximate surface area is 183 Å². The number of hydrogen-bond donors (Lipinski definition) is 1. The minimum Gasteiger partial charge on any atom is -0.354 e. The van der Waals surface area contributed by atoms with Crippen molar-refractivity contribution in [3.8, 4) is 0 Å². The largest absolute Gasteiger partial charge is 0.354 e. The second-order valence-electron chi connectivity index (χ2n) is 9.21. The molecule has 31 heavy (non-hydrogen) atoms. The number of pyridine rings is 1. The zero-order chi connectivity index (χ0) is 21.2. The Bertz CT molecular complexity index is 947. The normalized spacial score (nSPS) is 22.2. The molecule has 166 valence electrons. The summed E-state index contributed by atoms with van der Waals surface area (Å²) in [6, 6.07) is 4.03. The van der Waals surface area contributed by atoms with E-state index in [-0.39, 0.29) is 23.7 Å². The van der Waals surface area contributed by atoms with E-state index in [1.165, 1.54) is 12.8 Å². The van der Waals surface area contributed by atoms with Crippen LogP contribution in [0.4, 0.5) is 0 Å². The Hall–Kier alpha value is -2.48. The number of hydrogen-bond acceptors (Lipinski definition) is 5. The van der Waals surface area contributed by atoms with Gasteiger partial charge in [0.05, 0.1) is 18.8 Å². The number of carbonyl (C=O) groups excluding carboxylic acids is 2. The summed E-state index contributed by atoms with van der Waals surface area (Å²) >= 11 is 0. The smallest absolute Gasteiger partial charge is 0.236 e. The van der Waals surface area contributed by atoms with E-state index >= 15 is 0 Å². The van der Waals surface area contributed by atoms with Crippen molar-refractivity contribution >= 4 is 22.8 Å². The van der Waals surface area contributed by atoms with E-state index in [1.807, 2.05) is 15.6 Å². The molecule has 2 aromatic heterocycles. The lowest BCUT2D eigenvalue weighted by Crippen LogP contribution is -2.44. The van der Waals surface area contributed by atoms with Crippen LogP contribution >= 0.6 is 0 Å². The molecule has 0 aromatic carbocycles. The Morgan fingerprint density at radius 3 is 2.74 bits per heavy atom. The highest BCUT2D eigenvalue weighted by Gasteiger charge is 2.30. The molecule has 4 heterocycles. The minimum atomic E-state index is 0.157. The van der Waals surface area contributed by atoms with Crippen LogP contribution in [0.15, 0.2) is 18.3 Å². The maximum absolute atomic E-state index is 12.9. The highest BCUT2D eigenvalue weighted by Crippen LogP contribution is 2.31. The SMILES string of the molecule is O=C(NCCn1nc(C2CCCN(C(=O)CN3CCCC3)C2)c2cccnc21)C1CC1. The molecule has 1 saturated carbocycles. The van der Waals surface area contributed by atoms with E-state index in [1.54, 1.807) is 6.20 Å². The number of nitrogens with one attached hydrogen (secondary N) is 1. The van der Waals surface area contributed by atoms with Crippen LogP contribution < -0.4 is 5.32 Å². The lowest BCUT2D eigenvalue weighted by atomic mass is 9.93. The molecule has 0 radical (unpaired) electrons. The predicted octanol–water partition coefficient (Wildman–Crippen LogP) is 1.76. The molecule has 3 fully saturated rings. The van der Waals surface area contributed by atoms with Crippen LogP contribution in [-0.2, 0) is 16.1 Å². The Balaban J connectivity index is 1.28. The molecule has 2 aromatic rings. The molecule has 3 aliphatic rings. The van der Waals surface area contributed by atoms with Crippen molar-refractivity contribution < 1.29 is 9.59 Å². The van der Waals surface area contributed by atoms with Crippen molar-refractivity contribution in [2.75, 3.05) is 39.3 Å². The van der Waals surface area contributed by atoms with Crippen molar-refractivity contribution in [1.82, 2.24) is 29.9 Å². The summed E-state index contributed by atoms with van der Waals surface area (Å²) in [7, 11) is 0. The Morgan fingerprint density at radius 2 is 1.94 bits per heavy atom. The molecule has 1 N–H and O–H groups in total. The zero-order valence-electron chi connectivity index (χ0n) is 18.1. The van der Waals surface area contributed by atoms with E-state index in [2.05, 4.69) is 21.3 Å². The second-order valence-corrected chi connectivity index (χ2v) is 9.21. The maximum atomic E-state index is 12.9. The first-order chi connectivity index (χ1) is 15.2. The van der Waals surface area contributed by atoms with E-state index in [4.69, 9.17) is 5.10 Å². The molecular formula is C23H32N6O2. The Morgan fingerprint density at radius 1 is 1.10 bits per heavy atom. The lowest BCUT2D eigenvalue weighted by molar-refractivity contribution is -0.133. The molecule has 1 unspecified atom stereocenters. The van der Waals surface area contributed by atoms with Crippen molar-refractivity contribution in [3.05, 3.63) is 24.0 Å². The van der Waals surface area contributed by atoms with Crippen LogP contribution in [0.25, 0.3) is 11.0 Å². The van der Waals surface area contributed by atoms with Gasteiger partial charge in [0, 0.05) is 43.1 Å². The number of piperidine rings is 1. The molecule has 1 atom stereocenters. The lowest BCUT2D eigenvalue weighted by Gasteiger charge is -2.33. The van der Waals surface area contributed by atoms with Crippen LogP contribution in [0.5, 0.6) is 0 Å². The number of rotatable bonds is 7. The molecule has 2 aliphatic heterocycles. The van der Waals surface area contributed by atoms with Gasteiger partial charge in [-0.15, -0.1) is 0 Å². The summed E-state index contributed by atoms with van der Waals surface area (Å²) in [6.45, 7) is 5.37. The fourth-order valence-electron chi connectivity index (χ4n) is 4.93. The average molecular weight is 425 g/mol. The van der Waals surface area contributed by atoms with Gasteiger partial charge in [0.15, 0.2) is 5.65 Å². The molecule has 2 saturated heterocycles. The highest BCUT2D eigenvalue weighted by molar-refractivity contribution is 5.81. The number of amides is 2. The Kier molecular flexibility index (Phi) is 5.89. The minimum absolute atomic E-state index is 0.157. The monoisotopic (exact) mass is 424 g/mol. The van der Waals surface area contributed by atoms with Crippen molar-refractivity contribution in [3.63, 3.8) is 0 Å². The zero-order valence-corrected chi connectivity index (χ0v) is 18.1. The number of likely N-dealkylation sites (tertiary alicyclic amines) is 2. The molecule has 8 nitrogen and oxygen atoms in total. The summed E-state index contributed by atoms with van der Waals surface area (Å²) < 4.78 is 1.92. The summed E-state index contributed by atoms with van der Waals surface area (Å²) in [6.07, 6.45) is 8.25. The third-order valence-electron chi connectivity index (χ3n) is 6.82. The number of aromatic nitrogens is 3. The number of fused-ring (bicyclic) bond motifs is 1. The summed E-state index contributed by atoms with van der Waals surface area (Å²) in [5, 5.41) is 9.00. The van der Waals surface area contributed by atoms with Crippen molar-refractivity contribution in [1.29, 1.82) is 0 Å². The molecule has 0 bridgehead atoms. The van der Waals surface area contributed by atoms with Gasteiger partial charge >= 0.3 is 0 Å². The third-order valence-corrected chi connectivity index (χ3v) is 6.82. The van der Waals surface area contributed by atoms with Crippen LogP contribution in [0.3, 0.4) is 0 Å². The van der Waals surface area contributed by atoms with Crippen LogP contribution in [0.1, 0.15) is 50.1 Å². The molecule has 0 spiro atoms. The first-order valence-electron chi connectivity index (χ1n) is 11.8. The van der Waals surface area contributed by atoms with Gasteiger partial charge in [0.2, 0.25) is 11.8 Å². The third kappa shape index (κ3) is 4.59. The van der Waals surface area contributed by atoms with Gasteiger partial charge in [-0.05, 0) is 63.7 Å². The van der Waals surface area contributed by atoms with Gasteiger partial charge in [-0.2, -0.15) is 5.10 Å². The summed E-state index contributed by atoms with van der Waals surface area (Å²) in [4.78, 5) is 33.7.